The van der Waals surface area contributed by atoms with E-state index in [1.807, 2.05) is 45.0 Å². The van der Waals surface area contributed by atoms with Crippen molar-refractivity contribution < 1.29 is 14.1 Å². The minimum Gasteiger partial charge on any atom is -0.449 e. The van der Waals surface area contributed by atoms with Crippen LogP contribution in [-0.4, -0.2) is 11.1 Å². The van der Waals surface area contributed by atoms with Crippen molar-refractivity contribution in [2.75, 3.05) is 10.6 Å². The number of fused-ring (bicyclic) bond motifs is 1. The lowest BCUT2D eigenvalue weighted by molar-refractivity contribution is -0.117. The summed E-state index contributed by atoms with van der Waals surface area (Å²) in [6.07, 6.45) is 1.75. The number of anilines is 2. The summed E-state index contributed by atoms with van der Waals surface area (Å²) in [5.74, 6) is 1.29. The summed E-state index contributed by atoms with van der Waals surface area (Å²) in [4.78, 5) is 14.9. The van der Waals surface area contributed by atoms with Gasteiger partial charge in [-0.05, 0) is 50.6 Å². The van der Waals surface area contributed by atoms with E-state index in [1.54, 1.807) is 29.2 Å². The molecule has 2 heterocycles. The molecule has 1 aromatic heterocycles. The Hall–Kier alpha value is -3.54. The molecule has 6 nitrogen and oxygen atoms in total. The molecule has 0 bridgehead atoms. The summed E-state index contributed by atoms with van der Waals surface area (Å²) in [7, 11) is 0. The van der Waals surface area contributed by atoms with Crippen LogP contribution in [0.25, 0.3) is 6.08 Å². The molecule has 28 heavy (non-hydrogen) atoms. The van der Waals surface area contributed by atoms with E-state index in [0.717, 1.165) is 22.4 Å². The van der Waals surface area contributed by atoms with Crippen molar-refractivity contribution in [3.8, 4) is 5.75 Å². The number of aryl methyl sites for hydroxylation is 3. The number of carbonyl (C=O) groups is 1. The lowest BCUT2D eigenvalue weighted by Crippen LogP contribution is -2.37. The van der Waals surface area contributed by atoms with E-state index in [1.165, 1.54) is 0 Å². The van der Waals surface area contributed by atoms with Gasteiger partial charge in [-0.1, -0.05) is 35.0 Å². The third kappa shape index (κ3) is 3.24. The average molecular weight is 375 g/mol. The van der Waals surface area contributed by atoms with Gasteiger partial charge in [0.2, 0.25) is 0 Å². The summed E-state index contributed by atoms with van der Waals surface area (Å²) < 4.78 is 11.2. The van der Waals surface area contributed by atoms with Gasteiger partial charge in [-0.15, -0.1) is 0 Å². The van der Waals surface area contributed by atoms with Crippen LogP contribution in [0.3, 0.4) is 0 Å². The number of aromatic nitrogens is 1. The first-order chi connectivity index (χ1) is 13.4. The minimum absolute atomic E-state index is 0.237. The number of carbonyl (C=O) groups excluding carboxylic acids is 1. The van der Waals surface area contributed by atoms with Crippen LogP contribution in [0.15, 0.2) is 52.7 Å². The van der Waals surface area contributed by atoms with Crippen LogP contribution < -0.4 is 15.4 Å². The normalized spacial score (nSPS) is 14.9. The molecular formula is C22H21N3O3. The molecule has 4 rings (SSSR count). The highest BCUT2D eigenvalue weighted by Gasteiger charge is 2.32. The molecule has 0 saturated carbocycles. The predicted molar refractivity (Wildman–Crippen MR) is 108 cm³/mol. The first-order valence-electron chi connectivity index (χ1n) is 9.02. The van der Waals surface area contributed by atoms with Gasteiger partial charge in [0.05, 0.1) is 17.9 Å². The van der Waals surface area contributed by atoms with Crippen molar-refractivity contribution in [1.82, 2.24) is 5.16 Å². The van der Waals surface area contributed by atoms with Crippen molar-refractivity contribution >= 4 is 23.4 Å². The molecule has 1 amide bonds. The fraction of sp³-hybridized carbons (Fsp3) is 0.182. The molecule has 0 aliphatic carbocycles. The summed E-state index contributed by atoms with van der Waals surface area (Å²) in [5.41, 5.74) is 10.8. The number of ether oxygens (including phenoxy) is 1. The molecule has 1 aliphatic rings. The summed E-state index contributed by atoms with van der Waals surface area (Å²) in [6, 6.07) is 13.2. The largest absolute Gasteiger partial charge is 0.449 e. The van der Waals surface area contributed by atoms with Gasteiger partial charge in [0.15, 0.2) is 11.5 Å². The SMILES string of the molecule is Cc1ccc(/C=C2/Oc3ccc(N)cc3N(Cc3c(C)noc3C)C2=O)cc1. The number of benzene rings is 2. The van der Waals surface area contributed by atoms with E-state index < -0.39 is 0 Å². The molecule has 0 atom stereocenters. The van der Waals surface area contributed by atoms with Gasteiger partial charge >= 0.3 is 0 Å². The highest BCUT2D eigenvalue weighted by atomic mass is 16.5. The molecule has 0 radical (unpaired) electrons. The zero-order valence-corrected chi connectivity index (χ0v) is 16.0. The van der Waals surface area contributed by atoms with Gasteiger partial charge in [0.1, 0.15) is 5.76 Å². The van der Waals surface area contributed by atoms with Crippen LogP contribution in [0.2, 0.25) is 0 Å². The van der Waals surface area contributed by atoms with Gasteiger partial charge in [0.25, 0.3) is 5.91 Å². The Morgan fingerprint density at radius 3 is 2.54 bits per heavy atom. The fourth-order valence-corrected chi connectivity index (χ4v) is 3.18. The topological polar surface area (TPSA) is 81.6 Å². The lowest BCUT2D eigenvalue weighted by Gasteiger charge is -2.30. The predicted octanol–water partition coefficient (Wildman–Crippen LogP) is 4.15. The van der Waals surface area contributed by atoms with E-state index in [2.05, 4.69) is 5.16 Å². The van der Waals surface area contributed by atoms with Gasteiger partial charge in [-0.3, -0.25) is 9.69 Å². The molecule has 2 N–H and O–H groups in total. The Bertz CT molecular complexity index is 1060. The molecular weight excluding hydrogens is 354 g/mol. The van der Waals surface area contributed by atoms with E-state index in [4.69, 9.17) is 15.0 Å². The second kappa shape index (κ2) is 6.88. The average Bonchev–Trinajstić information content (AvgIpc) is 2.99. The molecule has 6 heteroatoms. The Balaban J connectivity index is 1.78. The van der Waals surface area contributed by atoms with E-state index in [-0.39, 0.29) is 11.7 Å². The number of nitrogens with two attached hydrogens (primary N) is 1. The fourth-order valence-electron chi connectivity index (χ4n) is 3.18. The monoisotopic (exact) mass is 375 g/mol. The van der Waals surface area contributed by atoms with Gasteiger partial charge < -0.3 is 15.0 Å². The van der Waals surface area contributed by atoms with Crippen LogP contribution in [0.5, 0.6) is 5.75 Å². The summed E-state index contributed by atoms with van der Waals surface area (Å²) in [6.45, 7) is 6.04. The van der Waals surface area contributed by atoms with Crippen LogP contribution in [0.4, 0.5) is 11.4 Å². The van der Waals surface area contributed by atoms with Crippen molar-refractivity contribution in [2.45, 2.75) is 27.3 Å². The molecule has 2 aromatic carbocycles. The molecule has 0 unspecified atom stereocenters. The summed E-state index contributed by atoms with van der Waals surface area (Å²) in [5, 5.41) is 3.99. The first kappa shape index (κ1) is 17.9. The van der Waals surface area contributed by atoms with Gasteiger partial charge in [-0.25, -0.2) is 0 Å². The zero-order chi connectivity index (χ0) is 19.8. The van der Waals surface area contributed by atoms with Gasteiger partial charge in [-0.2, -0.15) is 0 Å². The second-order valence-corrected chi connectivity index (χ2v) is 6.94. The van der Waals surface area contributed by atoms with Crippen LogP contribution in [-0.2, 0) is 11.3 Å². The first-order valence-corrected chi connectivity index (χ1v) is 9.02. The number of hydrogen-bond acceptors (Lipinski definition) is 5. The number of rotatable bonds is 3. The number of nitrogen functional groups attached to an aromatic ring is 1. The van der Waals surface area contributed by atoms with Crippen molar-refractivity contribution in [1.29, 1.82) is 0 Å². The Labute approximate surface area is 163 Å². The maximum Gasteiger partial charge on any atom is 0.294 e. The van der Waals surface area contributed by atoms with E-state index in [9.17, 15) is 4.79 Å². The standard InChI is InChI=1S/C22H21N3O3/c1-13-4-6-16(7-5-13)10-21-22(26)25(12-18-14(2)24-28-15(18)3)19-11-17(23)8-9-20(19)27-21/h4-11H,12,23H2,1-3H3/b21-10+. The number of amides is 1. The molecule has 3 aromatic rings. The molecule has 1 aliphatic heterocycles. The molecule has 0 saturated heterocycles. The quantitative estimate of drug-likeness (QED) is 0.549. The van der Waals surface area contributed by atoms with Crippen LogP contribution in [0, 0.1) is 20.8 Å². The van der Waals surface area contributed by atoms with Crippen LogP contribution >= 0.6 is 0 Å². The van der Waals surface area contributed by atoms with E-state index >= 15 is 0 Å². The molecule has 142 valence electrons. The maximum atomic E-state index is 13.3. The minimum atomic E-state index is -0.237. The summed E-state index contributed by atoms with van der Waals surface area (Å²) >= 11 is 0. The smallest absolute Gasteiger partial charge is 0.294 e. The molecule has 0 fully saturated rings. The highest BCUT2D eigenvalue weighted by Crippen LogP contribution is 2.38. The molecule has 0 spiro atoms. The Morgan fingerprint density at radius 2 is 1.86 bits per heavy atom. The van der Waals surface area contributed by atoms with Crippen LogP contribution in [0.1, 0.15) is 28.1 Å². The zero-order valence-electron chi connectivity index (χ0n) is 16.0. The third-order valence-electron chi connectivity index (χ3n) is 4.82. The second-order valence-electron chi connectivity index (χ2n) is 6.94. The number of nitrogens with zero attached hydrogens (tertiary/aromatic N) is 2. The van der Waals surface area contributed by atoms with Crippen molar-refractivity contribution in [3.63, 3.8) is 0 Å². The van der Waals surface area contributed by atoms with Crippen molar-refractivity contribution in [2.24, 2.45) is 0 Å². The lowest BCUT2D eigenvalue weighted by atomic mass is 10.1. The highest BCUT2D eigenvalue weighted by molar-refractivity contribution is 6.10. The number of hydrogen-bond donors (Lipinski definition) is 1. The third-order valence-corrected chi connectivity index (χ3v) is 4.82. The Morgan fingerprint density at radius 1 is 1.11 bits per heavy atom. The maximum absolute atomic E-state index is 13.3. The Kier molecular flexibility index (Phi) is 4.39. The van der Waals surface area contributed by atoms with Gasteiger partial charge in [0, 0.05) is 11.3 Å². The van der Waals surface area contributed by atoms with E-state index in [0.29, 0.717) is 29.4 Å². The van der Waals surface area contributed by atoms with Crippen molar-refractivity contribution in [3.05, 3.63) is 76.4 Å².